The van der Waals surface area contributed by atoms with E-state index in [1.54, 1.807) is 25.7 Å². The van der Waals surface area contributed by atoms with E-state index in [0.717, 1.165) is 0 Å². The van der Waals surface area contributed by atoms with Crippen LogP contribution in [0.2, 0.25) is 13.3 Å². The standard InChI is InChI=1S/3C4H9.C3H3N2.Sn/c3*1-3-4-2;1-2-5-3-4-1;/h3*1,3-4H2,2H3;1-3H;/q;;;-1;+1. The molecular weight excluding hydrogens is 327 g/mol. The van der Waals surface area contributed by atoms with Gasteiger partial charge in [-0.3, -0.25) is 0 Å². The smallest absolute Gasteiger partial charge is 0.0843 e. The summed E-state index contributed by atoms with van der Waals surface area (Å²) in [5.74, 6) is 0. The van der Waals surface area contributed by atoms with Crippen LogP contribution in [0.3, 0.4) is 0 Å². The summed E-state index contributed by atoms with van der Waals surface area (Å²) in [5, 5.41) is 0. The molecule has 0 bridgehead atoms. The summed E-state index contributed by atoms with van der Waals surface area (Å²) in [6.45, 7) is 7.00. The number of hydrogen-bond acceptors (Lipinski definition) is 1. The normalized spacial score (nSPS) is 9.72. The van der Waals surface area contributed by atoms with Gasteiger partial charge in [0, 0.05) is 0 Å². The van der Waals surface area contributed by atoms with Gasteiger partial charge in [-0.1, -0.05) is 18.7 Å². The van der Waals surface area contributed by atoms with Gasteiger partial charge in [0.25, 0.3) is 0 Å². The van der Waals surface area contributed by atoms with E-state index in [1.165, 1.54) is 44.9 Å². The summed E-state index contributed by atoms with van der Waals surface area (Å²) in [6, 6.07) is 0. The van der Waals surface area contributed by atoms with Crippen LogP contribution in [0.5, 0.6) is 0 Å². The molecule has 2 nitrogen and oxygen atoms in total. The van der Waals surface area contributed by atoms with Crippen LogP contribution in [0, 0.1) is 0 Å². The minimum Gasteiger partial charge on any atom is -0.450 e. The first kappa shape index (κ1) is 18.0. The second-order valence-electron chi connectivity index (χ2n) is 4.77. The van der Waals surface area contributed by atoms with Crippen LogP contribution in [0.15, 0.2) is 18.7 Å². The second kappa shape index (κ2) is 15.1. The molecule has 0 amide bonds. The molecule has 1 aromatic rings. The summed E-state index contributed by atoms with van der Waals surface area (Å²) < 4.78 is 5.04. The van der Waals surface area contributed by atoms with Gasteiger partial charge in [-0.25, -0.2) is 0 Å². The Kier molecular flexibility index (Phi) is 15.1. The van der Waals surface area contributed by atoms with Crippen molar-refractivity contribution in [3.05, 3.63) is 18.7 Å². The van der Waals surface area contributed by atoms with Crippen molar-refractivity contribution in [2.45, 2.75) is 72.6 Å². The van der Waals surface area contributed by atoms with Crippen molar-refractivity contribution in [1.29, 1.82) is 0 Å². The average Bonchev–Trinajstić information content (AvgIpc) is 2.97. The maximum absolute atomic E-state index is 3.61. The molecule has 0 spiro atoms. The number of rotatable bonds is 9. The monoisotopic (exact) mass is 358 g/mol. The van der Waals surface area contributed by atoms with E-state index in [-0.39, 0.29) is 0 Å². The van der Waals surface area contributed by atoms with Crippen molar-refractivity contribution in [2.75, 3.05) is 0 Å². The summed E-state index contributed by atoms with van der Waals surface area (Å²) in [4.78, 5) is 7.22. The van der Waals surface area contributed by atoms with Gasteiger partial charge in [-0.05, 0) is 0 Å². The van der Waals surface area contributed by atoms with Crippen LogP contribution in [-0.4, -0.2) is 24.7 Å². The Balaban J connectivity index is 0.000000473. The maximum Gasteiger partial charge on any atom is -0.0843 e. The van der Waals surface area contributed by atoms with Crippen LogP contribution in [0.1, 0.15) is 59.3 Å². The first-order chi connectivity index (χ1) is 8.85. The zero-order valence-electron chi connectivity index (χ0n) is 12.5. The van der Waals surface area contributed by atoms with Gasteiger partial charge in [0.1, 0.15) is 0 Å². The van der Waals surface area contributed by atoms with Gasteiger partial charge in [0.05, 0.1) is 0 Å². The fourth-order valence-electron chi connectivity index (χ4n) is 1.85. The quantitative estimate of drug-likeness (QED) is 0.587. The molecule has 0 saturated carbocycles. The van der Waals surface area contributed by atoms with Gasteiger partial charge in [0.15, 0.2) is 0 Å². The summed E-state index contributed by atoms with van der Waals surface area (Å²) in [6.07, 6.45) is 13.6. The summed E-state index contributed by atoms with van der Waals surface area (Å²) >= 11 is -0.839. The third kappa shape index (κ3) is 12.5. The van der Waals surface area contributed by atoms with Gasteiger partial charge in [-0.15, -0.1) is 0 Å². The van der Waals surface area contributed by atoms with E-state index in [0.29, 0.717) is 0 Å². The largest absolute Gasteiger partial charge is 0.450 e. The molecule has 0 N–H and O–H groups in total. The molecule has 3 heteroatoms. The number of unbranched alkanes of at least 4 members (excludes halogenated alkanes) is 3. The zero-order valence-corrected chi connectivity index (χ0v) is 15.3. The maximum atomic E-state index is 3.61. The van der Waals surface area contributed by atoms with Crippen LogP contribution >= 0.6 is 0 Å². The van der Waals surface area contributed by atoms with E-state index in [4.69, 9.17) is 0 Å². The third-order valence-corrected chi connectivity index (χ3v) is 12.1. The Morgan fingerprint density at radius 3 is 1.61 bits per heavy atom. The average molecular weight is 357 g/mol. The van der Waals surface area contributed by atoms with Crippen molar-refractivity contribution in [2.24, 2.45) is 0 Å². The van der Waals surface area contributed by atoms with Crippen molar-refractivity contribution in [1.82, 2.24) is 9.97 Å². The number of hydrogen-bond donors (Lipinski definition) is 0. The molecule has 0 fully saturated rings. The van der Waals surface area contributed by atoms with Crippen LogP contribution in [0.25, 0.3) is 0 Å². The number of aromatic nitrogens is 2. The van der Waals surface area contributed by atoms with Gasteiger partial charge in [0.2, 0.25) is 0 Å². The number of nitrogens with zero attached hydrogens (tertiary/aromatic N) is 2. The fraction of sp³-hybridized carbons (Fsp3) is 0.800. The van der Waals surface area contributed by atoms with Crippen molar-refractivity contribution in [3.8, 4) is 0 Å². The van der Waals surface area contributed by atoms with Crippen molar-refractivity contribution >= 4 is 19.8 Å². The van der Waals surface area contributed by atoms with Gasteiger partial charge in [-0.2, -0.15) is 0 Å². The summed E-state index contributed by atoms with van der Waals surface area (Å²) in [5.41, 5.74) is 0. The SMILES string of the molecule is CCC[CH2][Sn+]([CH2]CCC)[CH2]CCC.c1c[n-]cn1. The molecule has 0 aliphatic carbocycles. The predicted octanol–water partition coefficient (Wildman–Crippen LogP) is 4.92. The summed E-state index contributed by atoms with van der Waals surface area (Å²) in [7, 11) is 0. The van der Waals surface area contributed by atoms with Crippen LogP contribution in [-0.2, 0) is 0 Å². The Morgan fingerprint density at radius 2 is 1.39 bits per heavy atom. The molecule has 0 unspecified atom stereocenters. The minimum atomic E-state index is -0.839. The minimum absolute atomic E-state index is 0.839. The Bertz CT molecular complexity index is 188. The van der Waals surface area contributed by atoms with E-state index < -0.39 is 19.8 Å². The Hall–Kier alpha value is 0.00870. The first-order valence-corrected chi connectivity index (χ1v) is 13.6. The molecule has 1 heterocycles. The molecular formula is C15H30N2Sn. The third-order valence-electron chi connectivity index (χ3n) is 3.02. The van der Waals surface area contributed by atoms with Crippen molar-refractivity contribution in [3.63, 3.8) is 0 Å². The van der Waals surface area contributed by atoms with Crippen molar-refractivity contribution < 1.29 is 0 Å². The fourth-order valence-corrected chi connectivity index (χ4v) is 11.3. The van der Waals surface area contributed by atoms with Crippen LogP contribution < -0.4 is 4.98 Å². The predicted molar refractivity (Wildman–Crippen MR) is 82.5 cm³/mol. The molecule has 18 heavy (non-hydrogen) atoms. The van der Waals surface area contributed by atoms with Gasteiger partial charge < -0.3 is 9.97 Å². The van der Waals surface area contributed by atoms with E-state index in [9.17, 15) is 0 Å². The molecule has 0 aromatic carbocycles. The van der Waals surface area contributed by atoms with E-state index in [1.807, 2.05) is 0 Å². The second-order valence-corrected chi connectivity index (χ2v) is 13.3. The topological polar surface area (TPSA) is 27.0 Å². The molecule has 104 valence electrons. The molecule has 0 saturated heterocycles. The first-order valence-electron chi connectivity index (χ1n) is 7.55. The number of imidazole rings is 1. The zero-order chi connectivity index (χ0) is 13.5. The molecule has 0 radical (unpaired) electrons. The molecule has 1 rings (SSSR count). The molecule has 0 aliphatic rings. The van der Waals surface area contributed by atoms with E-state index in [2.05, 4.69) is 30.7 Å². The van der Waals surface area contributed by atoms with Crippen LogP contribution in [0.4, 0.5) is 0 Å². The Morgan fingerprint density at radius 1 is 0.889 bits per heavy atom. The molecule has 0 aliphatic heterocycles. The Labute approximate surface area is 121 Å². The molecule has 0 atom stereocenters. The van der Waals surface area contributed by atoms with E-state index >= 15 is 0 Å². The molecule has 1 aromatic heterocycles. The van der Waals surface area contributed by atoms with Gasteiger partial charge >= 0.3 is 92.4 Å².